The second-order valence-corrected chi connectivity index (χ2v) is 10.7. The summed E-state index contributed by atoms with van der Waals surface area (Å²) in [6.07, 6.45) is 0.305. The molecule has 0 spiro atoms. The Bertz CT molecular complexity index is 1380. The van der Waals surface area contributed by atoms with E-state index in [1.165, 1.54) is 0 Å². The summed E-state index contributed by atoms with van der Waals surface area (Å²) >= 11 is 1.15. The topological polar surface area (TPSA) is 105 Å². The van der Waals surface area contributed by atoms with Crippen molar-refractivity contribution < 1.29 is 17.7 Å². The molecule has 0 aliphatic carbocycles. The number of nitrogens with one attached hydrogen (secondary N) is 1. The van der Waals surface area contributed by atoms with Crippen molar-refractivity contribution in [1.29, 1.82) is 0 Å². The van der Waals surface area contributed by atoms with E-state index in [0.29, 0.717) is 35.9 Å². The molecule has 0 saturated carbocycles. The molecule has 33 heavy (non-hydrogen) atoms. The van der Waals surface area contributed by atoms with Crippen molar-refractivity contribution in [2.24, 2.45) is 0 Å². The maximum absolute atomic E-state index is 12.5. The van der Waals surface area contributed by atoms with E-state index in [1.54, 1.807) is 46.7 Å². The summed E-state index contributed by atoms with van der Waals surface area (Å²) in [5.74, 6) is 0.636. The molecule has 0 radical (unpaired) electrons. The zero-order valence-electron chi connectivity index (χ0n) is 17.6. The Kier molecular flexibility index (Phi) is 5.47. The van der Waals surface area contributed by atoms with Gasteiger partial charge in [-0.2, -0.15) is 4.98 Å². The number of hydrogen-bond acceptors (Lipinski definition) is 7. The zero-order valence-corrected chi connectivity index (χ0v) is 19.3. The number of hydrogen-bond donors (Lipinski definition) is 1. The van der Waals surface area contributed by atoms with Crippen LogP contribution < -0.4 is 9.62 Å². The number of benzene rings is 2. The Hall–Kier alpha value is -3.50. The summed E-state index contributed by atoms with van der Waals surface area (Å²) in [6, 6.07) is 17.8. The molecule has 0 bridgehead atoms. The molecule has 1 atom stereocenters. The Morgan fingerprint density at radius 3 is 2.55 bits per heavy atom. The third-order valence-electron chi connectivity index (χ3n) is 5.42. The number of amides is 1. The van der Waals surface area contributed by atoms with Gasteiger partial charge in [0.2, 0.25) is 17.6 Å². The first kappa shape index (κ1) is 21.4. The number of sulfonamides is 1. The highest BCUT2D eigenvalue weighted by Crippen LogP contribution is 2.32. The van der Waals surface area contributed by atoms with Gasteiger partial charge in [-0.25, -0.2) is 8.42 Å². The molecule has 1 aliphatic rings. The highest BCUT2D eigenvalue weighted by atomic mass is 32.2. The quantitative estimate of drug-likeness (QED) is 0.438. The van der Waals surface area contributed by atoms with Gasteiger partial charge in [-0.3, -0.25) is 9.52 Å². The molecule has 0 unspecified atom stereocenters. The predicted molar refractivity (Wildman–Crippen MR) is 126 cm³/mol. The normalized spacial score (nSPS) is 16.3. The molecule has 1 saturated heterocycles. The van der Waals surface area contributed by atoms with E-state index in [2.05, 4.69) is 14.9 Å². The Morgan fingerprint density at radius 1 is 1.09 bits per heavy atom. The highest BCUT2D eigenvalue weighted by Gasteiger charge is 2.35. The van der Waals surface area contributed by atoms with Gasteiger partial charge in [0.25, 0.3) is 10.0 Å². The lowest BCUT2D eigenvalue weighted by Gasteiger charge is -2.16. The average molecular weight is 481 g/mol. The van der Waals surface area contributed by atoms with Crippen molar-refractivity contribution in [1.82, 2.24) is 10.1 Å². The van der Waals surface area contributed by atoms with Crippen LogP contribution in [0.1, 0.15) is 23.8 Å². The number of carbonyl (C=O) groups is 1. The first-order valence-electron chi connectivity index (χ1n) is 10.3. The maximum Gasteiger partial charge on any atom is 0.271 e. The molecule has 168 valence electrons. The van der Waals surface area contributed by atoms with Gasteiger partial charge in [0.15, 0.2) is 0 Å². The van der Waals surface area contributed by atoms with Crippen molar-refractivity contribution in [2.75, 3.05) is 16.2 Å². The van der Waals surface area contributed by atoms with Gasteiger partial charge in [0.1, 0.15) is 4.21 Å². The fourth-order valence-corrected chi connectivity index (χ4v) is 5.73. The third kappa shape index (κ3) is 4.39. The average Bonchev–Trinajstić information content (AvgIpc) is 3.56. The van der Waals surface area contributed by atoms with Crippen LogP contribution in [0.5, 0.6) is 0 Å². The minimum atomic E-state index is -3.61. The molecular weight excluding hydrogens is 460 g/mol. The molecule has 1 N–H and O–H groups in total. The number of thiophene rings is 1. The molecule has 4 aromatic rings. The molecule has 10 heteroatoms. The Balaban J connectivity index is 1.29. The van der Waals surface area contributed by atoms with Gasteiger partial charge >= 0.3 is 0 Å². The zero-order chi connectivity index (χ0) is 23.0. The van der Waals surface area contributed by atoms with E-state index in [4.69, 9.17) is 4.52 Å². The molecule has 8 nitrogen and oxygen atoms in total. The number of aryl methyl sites for hydroxylation is 1. The fraction of sp³-hybridized carbons (Fsp3) is 0.174. The summed E-state index contributed by atoms with van der Waals surface area (Å²) in [7, 11) is -3.61. The second-order valence-electron chi connectivity index (χ2n) is 7.81. The van der Waals surface area contributed by atoms with Crippen molar-refractivity contribution in [3.05, 3.63) is 77.5 Å². The SMILES string of the molecule is Cc1ccc(N2C[C@@H](c3nc(-c4ccc(NS(=O)(=O)c5cccs5)cc4)no3)CC2=O)cc1. The van der Waals surface area contributed by atoms with Crippen LogP contribution in [-0.4, -0.2) is 31.0 Å². The maximum atomic E-state index is 12.5. The van der Waals surface area contributed by atoms with Crippen LogP contribution in [0.15, 0.2) is 74.8 Å². The molecule has 1 aliphatic heterocycles. The van der Waals surface area contributed by atoms with Gasteiger partial charge in [-0.15, -0.1) is 11.3 Å². The molecule has 1 amide bonds. The van der Waals surface area contributed by atoms with E-state index in [9.17, 15) is 13.2 Å². The molecular formula is C23H20N4O4S2. The van der Waals surface area contributed by atoms with Crippen LogP contribution in [0.3, 0.4) is 0 Å². The van der Waals surface area contributed by atoms with Crippen molar-refractivity contribution in [2.45, 2.75) is 23.5 Å². The van der Waals surface area contributed by atoms with Crippen LogP contribution >= 0.6 is 11.3 Å². The molecule has 3 heterocycles. The van der Waals surface area contributed by atoms with Crippen molar-refractivity contribution >= 4 is 38.6 Å². The van der Waals surface area contributed by atoms with Crippen LogP contribution in [-0.2, 0) is 14.8 Å². The number of nitrogens with zero attached hydrogens (tertiary/aromatic N) is 3. The lowest BCUT2D eigenvalue weighted by molar-refractivity contribution is -0.117. The predicted octanol–water partition coefficient (Wildman–Crippen LogP) is 4.43. The van der Waals surface area contributed by atoms with Gasteiger partial charge in [0.05, 0.1) is 5.92 Å². The van der Waals surface area contributed by atoms with E-state index in [1.807, 2.05) is 31.2 Å². The number of carbonyl (C=O) groups excluding carboxylic acids is 1. The first-order chi connectivity index (χ1) is 15.9. The number of rotatable bonds is 6. The lowest BCUT2D eigenvalue weighted by atomic mass is 10.1. The van der Waals surface area contributed by atoms with E-state index >= 15 is 0 Å². The van der Waals surface area contributed by atoms with Gasteiger partial charge < -0.3 is 9.42 Å². The Labute approximate surface area is 194 Å². The second kappa shape index (κ2) is 8.45. The molecule has 2 aromatic carbocycles. The summed E-state index contributed by atoms with van der Waals surface area (Å²) in [4.78, 5) is 18.8. The smallest absolute Gasteiger partial charge is 0.271 e. The van der Waals surface area contributed by atoms with Crippen LogP contribution in [0, 0.1) is 6.92 Å². The highest BCUT2D eigenvalue weighted by molar-refractivity contribution is 7.94. The number of aromatic nitrogens is 2. The first-order valence-corrected chi connectivity index (χ1v) is 12.6. The van der Waals surface area contributed by atoms with Crippen LogP contribution in [0.25, 0.3) is 11.4 Å². The fourth-order valence-electron chi connectivity index (χ4n) is 3.67. The molecule has 2 aromatic heterocycles. The Morgan fingerprint density at radius 2 is 1.85 bits per heavy atom. The summed E-state index contributed by atoms with van der Waals surface area (Å²) in [5.41, 5.74) is 3.11. The standard InChI is InChI=1S/C23H20N4O4S2/c1-15-4-10-19(11-5-15)27-14-17(13-20(27)28)23-24-22(25-31-23)16-6-8-18(9-7-16)26-33(29,30)21-3-2-12-32-21/h2-12,17,26H,13-14H2,1H3/t17-/m0/s1. The largest absolute Gasteiger partial charge is 0.339 e. The van der Waals surface area contributed by atoms with E-state index in [-0.39, 0.29) is 16.0 Å². The minimum absolute atomic E-state index is 0.0194. The lowest BCUT2D eigenvalue weighted by Crippen LogP contribution is -2.24. The van der Waals surface area contributed by atoms with Gasteiger partial charge in [-0.05, 0) is 54.8 Å². The van der Waals surface area contributed by atoms with Crippen molar-refractivity contribution in [3.8, 4) is 11.4 Å². The van der Waals surface area contributed by atoms with Crippen LogP contribution in [0.2, 0.25) is 0 Å². The summed E-state index contributed by atoms with van der Waals surface area (Å²) in [5, 5.41) is 5.77. The third-order valence-corrected chi connectivity index (χ3v) is 8.20. The minimum Gasteiger partial charge on any atom is -0.339 e. The summed E-state index contributed by atoms with van der Waals surface area (Å²) < 4.78 is 33.0. The van der Waals surface area contributed by atoms with Gasteiger partial charge in [-0.1, -0.05) is 28.9 Å². The monoisotopic (exact) mass is 480 g/mol. The van der Waals surface area contributed by atoms with E-state index < -0.39 is 10.0 Å². The van der Waals surface area contributed by atoms with Gasteiger partial charge in [0, 0.05) is 29.9 Å². The van der Waals surface area contributed by atoms with Crippen molar-refractivity contribution in [3.63, 3.8) is 0 Å². The molecule has 1 fully saturated rings. The number of anilines is 2. The summed E-state index contributed by atoms with van der Waals surface area (Å²) in [6.45, 7) is 2.48. The van der Waals surface area contributed by atoms with Crippen LogP contribution in [0.4, 0.5) is 11.4 Å². The van der Waals surface area contributed by atoms with E-state index in [0.717, 1.165) is 22.6 Å². The molecule has 5 rings (SSSR count).